The van der Waals surface area contributed by atoms with E-state index in [1.807, 2.05) is 0 Å². The third-order valence-corrected chi connectivity index (χ3v) is 3.39. The van der Waals surface area contributed by atoms with Gasteiger partial charge in [0.2, 0.25) is 5.76 Å². The first-order chi connectivity index (χ1) is 10.1. The first-order valence-electron chi connectivity index (χ1n) is 7.93. The number of rotatable bonds is 11. The standard InChI is InChI=1S/C17H26O4/c1-3-4-5-6-7-8-9-10-13-20-17(19)16-12-11-15(21-16)14(2)18/h11-12H,3-10,13H2,1-2H3. The maximum atomic E-state index is 11.7. The van der Waals surface area contributed by atoms with Crippen LogP contribution in [0.25, 0.3) is 0 Å². The van der Waals surface area contributed by atoms with Crippen molar-refractivity contribution in [3.05, 3.63) is 23.7 Å². The molecule has 1 aromatic heterocycles. The van der Waals surface area contributed by atoms with Gasteiger partial charge in [-0.2, -0.15) is 0 Å². The summed E-state index contributed by atoms with van der Waals surface area (Å²) in [6.07, 6.45) is 9.62. The van der Waals surface area contributed by atoms with E-state index < -0.39 is 5.97 Å². The second kappa shape index (κ2) is 10.2. The van der Waals surface area contributed by atoms with Crippen LogP contribution in [-0.2, 0) is 4.74 Å². The lowest BCUT2D eigenvalue weighted by atomic mass is 10.1. The molecule has 118 valence electrons. The Hall–Kier alpha value is -1.58. The molecule has 0 saturated carbocycles. The predicted molar refractivity (Wildman–Crippen MR) is 81.6 cm³/mol. The fourth-order valence-electron chi connectivity index (χ4n) is 2.11. The molecular weight excluding hydrogens is 268 g/mol. The highest BCUT2D eigenvalue weighted by molar-refractivity contribution is 5.93. The molecule has 0 fully saturated rings. The highest BCUT2D eigenvalue weighted by Crippen LogP contribution is 2.11. The summed E-state index contributed by atoms with van der Waals surface area (Å²) in [5.41, 5.74) is 0. The molecule has 4 heteroatoms. The zero-order valence-electron chi connectivity index (χ0n) is 13.2. The third-order valence-electron chi connectivity index (χ3n) is 3.39. The van der Waals surface area contributed by atoms with Crippen LogP contribution in [0.15, 0.2) is 16.5 Å². The van der Waals surface area contributed by atoms with Crippen LogP contribution in [-0.4, -0.2) is 18.4 Å². The van der Waals surface area contributed by atoms with E-state index in [9.17, 15) is 9.59 Å². The van der Waals surface area contributed by atoms with Crippen LogP contribution in [0.1, 0.15) is 86.3 Å². The van der Waals surface area contributed by atoms with Gasteiger partial charge in [0, 0.05) is 6.92 Å². The van der Waals surface area contributed by atoms with Crippen LogP contribution >= 0.6 is 0 Å². The van der Waals surface area contributed by atoms with Crippen LogP contribution in [0.2, 0.25) is 0 Å². The fraction of sp³-hybridized carbons (Fsp3) is 0.647. The highest BCUT2D eigenvalue weighted by Gasteiger charge is 2.14. The van der Waals surface area contributed by atoms with Gasteiger partial charge < -0.3 is 9.15 Å². The molecule has 0 N–H and O–H groups in total. The molecule has 1 rings (SSSR count). The van der Waals surface area contributed by atoms with E-state index in [0.717, 1.165) is 12.8 Å². The number of hydrogen-bond donors (Lipinski definition) is 0. The summed E-state index contributed by atoms with van der Waals surface area (Å²) in [6, 6.07) is 2.97. The van der Waals surface area contributed by atoms with E-state index >= 15 is 0 Å². The van der Waals surface area contributed by atoms with Crippen LogP contribution in [0, 0.1) is 0 Å². The van der Waals surface area contributed by atoms with Crippen molar-refractivity contribution in [1.82, 2.24) is 0 Å². The van der Waals surface area contributed by atoms with Gasteiger partial charge in [0.05, 0.1) is 6.61 Å². The minimum absolute atomic E-state index is 0.0970. The Morgan fingerprint density at radius 3 is 2.10 bits per heavy atom. The van der Waals surface area contributed by atoms with Crippen molar-refractivity contribution < 1.29 is 18.7 Å². The SMILES string of the molecule is CCCCCCCCCCOC(=O)c1ccc(C(C)=O)o1. The van der Waals surface area contributed by atoms with Crippen molar-refractivity contribution in [3.8, 4) is 0 Å². The smallest absolute Gasteiger partial charge is 0.374 e. The maximum absolute atomic E-state index is 11.7. The molecule has 1 aromatic rings. The number of Topliss-reactive ketones (excluding diaryl/α,β-unsaturated/α-hetero) is 1. The van der Waals surface area contributed by atoms with Crippen molar-refractivity contribution in [2.75, 3.05) is 6.61 Å². The van der Waals surface area contributed by atoms with E-state index in [1.54, 1.807) is 0 Å². The summed E-state index contributed by atoms with van der Waals surface area (Å²) in [5, 5.41) is 0. The second-order valence-electron chi connectivity index (χ2n) is 5.33. The van der Waals surface area contributed by atoms with Crippen molar-refractivity contribution in [2.45, 2.75) is 65.2 Å². The second-order valence-corrected chi connectivity index (χ2v) is 5.33. The Morgan fingerprint density at radius 2 is 1.52 bits per heavy atom. The molecule has 21 heavy (non-hydrogen) atoms. The molecule has 0 radical (unpaired) electrons. The Balaban J connectivity index is 2.06. The van der Waals surface area contributed by atoms with E-state index in [0.29, 0.717) is 6.61 Å². The zero-order valence-corrected chi connectivity index (χ0v) is 13.2. The summed E-state index contributed by atoms with van der Waals surface area (Å²) in [6.45, 7) is 4.02. The van der Waals surface area contributed by atoms with Gasteiger partial charge in [-0.05, 0) is 18.6 Å². The number of carbonyl (C=O) groups excluding carboxylic acids is 2. The highest BCUT2D eigenvalue weighted by atomic mass is 16.5. The van der Waals surface area contributed by atoms with Crippen LogP contribution < -0.4 is 0 Å². The molecular formula is C17H26O4. The van der Waals surface area contributed by atoms with E-state index in [4.69, 9.17) is 9.15 Å². The molecule has 0 saturated heterocycles. The fourth-order valence-corrected chi connectivity index (χ4v) is 2.11. The van der Waals surface area contributed by atoms with Gasteiger partial charge in [-0.25, -0.2) is 4.79 Å². The molecule has 0 amide bonds. The van der Waals surface area contributed by atoms with Gasteiger partial charge >= 0.3 is 5.97 Å². The minimum atomic E-state index is -0.495. The number of esters is 1. The quantitative estimate of drug-likeness (QED) is 0.335. The Labute approximate surface area is 126 Å². The average Bonchev–Trinajstić information content (AvgIpc) is 2.95. The molecule has 0 aromatic carbocycles. The average molecular weight is 294 g/mol. The molecule has 0 spiro atoms. The van der Waals surface area contributed by atoms with Gasteiger partial charge in [-0.15, -0.1) is 0 Å². The largest absolute Gasteiger partial charge is 0.460 e. The molecule has 0 aliphatic heterocycles. The minimum Gasteiger partial charge on any atom is -0.460 e. The van der Waals surface area contributed by atoms with E-state index in [2.05, 4.69) is 6.92 Å². The van der Waals surface area contributed by atoms with Crippen molar-refractivity contribution in [2.24, 2.45) is 0 Å². The summed E-state index contributed by atoms with van der Waals surface area (Å²) in [4.78, 5) is 22.7. The number of hydrogen-bond acceptors (Lipinski definition) is 4. The molecule has 0 atom stereocenters. The number of ketones is 1. The number of carbonyl (C=O) groups is 2. The van der Waals surface area contributed by atoms with Crippen molar-refractivity contribution in [3.63, 3.8) is 0 Å². The molecule has 1 heterocycles. The third kappa shape index (κ3) is 7.11. The lowest BCUT2D eigenvalue weighted by Gasteiger charge is -2.03. The summed E-state index contributed by atoms with van der Waals surface area (Å²) in [5.74, 6) is -0.406. The Kier molecular flexibility index (Phi) is 8.48. The van der Waals surface area contributed by atoms with Gasteiger partial charge in [-0.3, -0.25) is 4.79 Å². The monoisotopic (exact) mass is 294 g/mol. The molecule has 0 unspecified atom stereocenters. The van der Waals surface area contributed by atoms with Gasteiger partial charge in [0.25, 0.3) is 0 Å². The van der Waals surface area contributed by atoms with Gasteiger partial charge in [0.15, 0.2) is 11.5 Å². The maximum Gasteiger partial charge on any atom is 0.374 e. The summed E-state index contributed by atoms with van der Waals surface area (Å²) in [7, 11) is 0. The van der Waals surface area contributed by atoms with Crippen molar-refractivity contribution >= 4 is 11.8 Å². The number of furan rings is 1. The number of unbranched alkanes of at least 4 members (excludes halogenated alkanes) is 7. The van der Waals surface area contributed by atoms with E-state index in [-0.39, 0.29) is 17.3 Å². The van der Waals surface area contributed by atoms with Crippen LogP contribution in [0.3, 0.4) is 0 Å². The first kappa shape index (κ1) is 17.5. The molecule has 0 bridgehead atoms. The number of ether oxygens (including phenoxy) is 1. The zero-order chi connectivity index (χ0) is 15.5. The lowest BCUT2D eigenvalue weighted by Crippen LogP contribution is -2.05. The Morgan fingerprint density at radius 1 is 0.952 bits per heavy atom. The van der Waals surface area contributed by atoms with Crippen LogP contribution in [0.5, 0.6) is 0 Å². The lowest BCUT2D eigenvalue weighted by molar-refractivity contribution is 0.0460. The van der Waals surface area contributed by atoms with Crippen molar-refractivity contribution in [1.29, 1.82) is 0 Å². The molecule has 0 aliphatic rings. The molecule has 4 nitrogen and oxygen atoms in total. The van der Waals surface area contributed by atoms with Gasteiger partial charge in [-0.1, -0.05) is 51.9 Å². The Bertz CT molecular complexity index is 434. The molecule has 0 aliphatic carbocycles. The van der Waals surface area contributed by atoms with E-state index in [1.165, 1.54) is 57.6 Å². The van der Waals surface area contributed by atoms with Gasteiger partial charge in [0.1, 0.15) is 0 Å². The van der Waals surface area contributed by atoms with Crippen LogP contribution in [0.4, 0.5) is 0 Å². The predicted octanol–water partition coefficient (Wildman–Crippen LogP) is 4.78. The first-order valence-corrected chi connectivity index (χ1v) is 7.93. The summed E-state index contributed by atoms with van der Waals surface area (Å²) < 4.78 is 10.2. The normalized spacial score (nSPS) is 10.6. The summed E-state index contributed by atoms with van der Waals surface area (Å²) >= 11 is 0. The topological polar surface area (TPSA) is 56.5 Å².